The lowest BCUT2D eigenvalue weighted by molar-refractivity contribution is -0.148. The molecular weight excluding hydrogens is 285 g/mol. The van der Waals surface area contributed by atoms with Crippen LogP contribution in [0.5, 0.6) is 0 Å². The number of carbonyl (C=O) groups is 1. The van der Waals surface area contributed by atoms with Gasteiger partial charge in [0.2, 0.25) is 0 Å². The minimum absolute atomic E-state index is 0.249. The van der Waals surface area contributed by atoms with E-state index < -0.39 is 24.2 Å². The van der Waals surface area contributed by atoms with E-state index in [0.717, 1.165) is 6.42 Å². The summed E-state index contributed by atoms with van der Waals surface area (Å²) >= 11 is 0. The van der Waals surface area contributed by atoms with Gasteiger partial charge in [0.15, 0.2) is 0 Å². The third kappa shape index (κ3) is 7.66. The molecule has 0 aliphatic carbocycles. The molecule has 0 heterocycles. The maximum absolute atomic E-state index is 12.4. The van der Waals surface area contributed by atoms with Gasteiger partial charge < -0.3 is 10.4 Å². The summed E-state index contributed by atoms with van der Waals surface area (Å²) in [5.41, 5.74) is -1.03. The Morgan fingerprint density at radius 3 is 2.24 bits per heavy atom. The van der Waals surface area contributed by atoms with Gasteiger partial charge in [0.1, 0.15) is 5.54 Å². The molecule has 0 aromatic carbocycles. The Bertz CT molecular complexity index is 311. The number of halogens is 3. The van der Waals surface area contributed by atoms with Crippen molar-refractivity contribution in [1.29, 1.82) is 0 Å². The Kier molecular flexibility index (Phi) is 8.89. The smallest absolute Gasteiger partial charge is 0.401 e. The minimum Gasteiger partial charge on any atom is -0.480 e. The largest absolute Gasteiger partial charge is 0.480 e. The second-order valence-electron chi connectivity index (χ2n) is 5.26. The summed E-state index contributed by atoms with van der Waals surface area (Å²) in [7, 11) is 0. The fraction of sp³-hybridized carbons (Fsp3) is 0.929. The molecular formula is C14H27F3N2O2. The molecule has 0 aliphatic rings. The molecule has 0 bridgehead atoms. The summed E-state index contributed by atoms with van der Waals surface area (Å²) in [5, 5.41) is 12.4. The van der Waals surface area contributed by atoms with Crippen molar-refractivity contribution in [2.45, 2.75) is 58.2 Å². The Morgan fingerprint density at radius 2 is 1.86 bits per heavy atom. The highest BCUT2D eigenvalue weighted by atomic mass is 19.4. The third-order valence-electron chi connectivity index (χ3n) is 3.65. The predicted octanol–water partition coefficient (Wildman–Crippen LogP) is 2.88. The quantitative estimate of drug-likeness (QED) is 0.616. The van der Waals surface area contributed by atoms with Gasteiger partial charge in [0.25, 0.3) is 0 Å². The first kappa shape index (κ1) is 20.2. The predicted molar refractivity (Wildman–Crippen MR) is 76.4 cm³/mol. The van der Waals surface area contributed by atoms with Gasteiger partial charge in [0.05, 0.1) is 6.54 Å². The van der Waals surface area contributed by atoms with Crippen LogP contribution in [0.4, 0.5) is 13.2 Å². The van der Waals surface area contributed by atoms with Crippen molar-refractivity contribution in [2.75, 3.05) is 26.2 Å². The van der Waals surface area contributed by atoms with Gasteiger partial charge in [-0.05, 0) is 45.3 Å². The number of nitrogens with one attached hydrogen (secondary N) is 1. The number of rotatable bonds is 11. The van der Waals surface area contributed by atoms with E-state index in [0.29, 0.717) is 32.4 Å². The second-order valence-corrected chi connectivity index (χ2v) is 5.26. The van der Waals surface area contributed by atoms with Crippen LogP contribution in [0, 0.1) is 0 Å². The Balaban J connectivity index is 4.50. The summed E-state index contributed by atoms with van der Waals surface area (Å²) in [6.45, 7) is 5.58. The van der Waals surface area contributed by atoms with E-state index in [-0.39, 0.29) is 6.54 Å². The van der Waals surface area contributed by atoms with E-state index in [4.69, 9.17) is 0 Å². The van der Waals surface area contributed by atoms with Crippen LogP contribution in [0.15, 0.2) is 0 Å². The Hall–Kier alpha value is -0.820. The number of carboxylic acid groups (broad SMARTS) is 1. The molecule has 7 heteroatoms. The van der Waals surface area contributed by atoms with Crippen LogP contribution >= 0.6 is 0 Å². The van der Waals surface area contributed by atoms with Crippen LogP contribution in [0.25, 0.3) is 0 Å². The lowest BCUT2D eigenvalue weighted by Crippen LogP contribution is -2.52. The molecule has 126 valence electrons. The van der Waals surface area contributed by atoms with E-state index in [1.807, 2.05) is 6.92 Å². The summed E-state index contributed by atoms with van der Waals surface area (Å²) in [6, 6.07) is 0. The molecule has 2 N–H and O–H groups in total. The van der Waals surface area contributed by atoms with Crippen LogP contribution in [0.2, 0.25) is 0 Å². The number of alkyl halides is 3. The van der Waals surface area contributed by atoms with Crippen molar-refractivity contribution >= 4 is 5.97 Å². The number of carboxylic acids is 1. The van der Waals surface area contributed by atoms with Gasteiger partial charge in [-0.3, -0.25) is 9.69 Å². The SMILES string of the molecule is CCCNC(CC)(CCCN(CC)CC(F)(F)F)C(=O)O. The summed E-state index contributed by atoms with van der Waals surface area (Å²) in [4.78, 5) is 12.8. The molecule has 0 saturated heterocycles. The van der Waals surface area contributed by atoms with Crippen molar-refractivity contribution in [1.82, 2.24) is 10.2 Å². The standard InChI is InChI=1S/C14H27F3N2O2/c1-4-9-18-13(5-2,12(20)21)8-7-10-19(6-3)11-14(15,16)17/h18H,4-11H2,1-3H3,(H,20,21). The van der Waals surface area contributed by atoms with Gasteiger partial charge in [-0.1, -0.05) is 20.8 Å². The number of aliphatic carboxylic acids is 1. The van der Waals surface area contributed by atoms with Gasteiger partial charge in [-0.2, -0.15) is 13.2 Å². The number of hydrogen-bond acceptors (Lipinski definition) is 3. The zero-order valence-corrected chi connectivity index (χ0v) is 13.1. The third-order valence-corrected chi connectivity index (χ3v) is 3.65. The van der Waals surface area contributed by atoms with Crippen molar-refractivity contribution < 1.29 is 23.1 Å². The molecule has 1 unspecified atom stereocenters. The van der Waals surface area contributed by atoms with Crippen LogP contribution in [0.1, 0.15) is 46.5 Å². The molecule has 21 heavy (non-hydrogen) atoms. The van der Waals surface area contributed by atoms with E-state index in [1.165, 1.54) is 4.90 Å². The van der Waals surface area contributed by atoms with Gasteiger partial charge in [-0.15, -0.1) is 0 Å². The molecule has 0 aromatic rings. The van der Waals surface area contributed by atoms with Gasteiger partial charge in [-0.25, -0.2) is 0 Å². The van der Waals surface area contributed by atoms with Gasteiger partial charge in [0, 0.05) is 0 Å². The first-order valence-corrected chi connectivity index (χ1v) is 7.48. The highest BCUT2D eigenvalue weighted by Crippen LogP contribution is 2.20. The first-order chi connectivity index (χ1) is 9.70. The van der Waals surface area contributed by atoms with Crippen molar-refractivity contribution in [3.8, 4) is 0 Å². The normalized spacial score (nSPS) is 15.2. The molecule has 4 nitrogen and oxygen atoms in total. The first-order valence-electron chi connectivity index (χ1n) is 7.48. The highest BCUT2D eigenvalue weighted by Gasteiger charge is 2.36. The zero-order chi connectivity index (χ0) is 16.5. The maximum atomic E-state index is 12.4. The van der Waals surface area contributed by atoms with Crippen molar-refractivity contribution in [3.05, 3.63) is 0 Å². The van der Waals surface area contributed by atoms with E-state index >= 15 is 0 Å². The van der Waals surface area contributed by atoms with E-state index in [2.05, 4.69) is 5.32 Å². The molecule has 0 fully saturated rings. The summed E-state index contributed by atoms with van der Waals surface area (Å²) < 4.78 is 37.1. The lowest BCUT2D eigenvalue weighted by Gasteiger charge is -2.31. The number of hydrogen-bond donors (Lipinski definition) is 2. The number of nitrogens with zero attached hydrogens (tertiary/aromatic N) is 1. The van der Waals surface area contributed by atoms with Crippen LogP contribution in [-0.2, 0) is 4.79 Å². The molecule has 0 amide bonds. The Labute approximate surface area is 124 Å². The topological polar surface area (TPSA) is 52.6 Å². The summed E-state index contributed by atoms with van der Waals surface area (Å²) in [5.74, 6) is -0.933. The molecule has 0 aromatic heterocycles. The van der Waals surface area contributed by atoms with Crippen LogP contribution in [-0.4, -0.2) is 53.9 Å². The minimum atomic E-state index is -4.22. The lowest BCUT2D eigenvalue weighted by atomic mass is 9.90. The van der Waals surface area contributed by atoms with Crippen LogP contribution < -0.4 is 5.32 Å². The van der Waals surface area contributed by atoms with Crippen molar-refractivity contribution in [2.24, 2.45) is 0 Å². The molecule has 0 aliphatic heterocycles. The molecule has 0 rings (SSSR count). The zero-order valence-electron chi connectivity index (χ0n) is 13.1. The maximum Gasteiger partial charge on any atom is 0.401 e. The molecule has 0 saturated carbocycles. The molecule has 0 radical (unpaired) electrons. The van der Waals surface area contributed by atoms with E-state index in [9.17, 15) is 23.1 Å². The summed E-state index contributed by atoms with van der Waals surface area (Å²) in [6.07, 6.45) is -2.25. The average Bonchev–Trinajstić information content (AvgIpc) is 2.39. The van der Waals surface area contributed by atoms with Crippen LogP contribution in [0.3, 0.4) is 0 Å². The fourth-order valence-corrected chi connectivity index (χ4v) is 2.30. The highest BCUT2D eigenvalue weighted by molar-refractivity contribution is 5.78. The molecule has 0 spiro atoms. The monoisotopic (exact) mass is 312 g/mol. The average molecular weight is 312 g/mol. The van der Waals surface area contributed by atoms with E-state index in [1.54, 1.807) is 13.8 Å². The van der Waals surface area contributed by atoms with Gasteiger partial charge >= 0.3 is 12.1 Å². The second kappa shape index (κ2) is 9.25. The fourth-order valence-electron chi connectivity index (χ4n) is 2.30. The Morgan fingerprint density at radius 1 is 1.24 bits per heavy atom. The molecule has 1 atom stereocenters. The van der Waals surface area contributed by atoms with Crippen molar-refractivity contribution in [3.63, 3.8) is 0 Å².